The zero-order valence-corrected chi connectivity index (χ0v) is 13.0. The normalized spacial score (nSPS) is 11.3. The van der Waals surface area contributed by atoms with Crippen LogP contribution in [0.4, 0.5) is 5.69 Å². The SMILES string of the molecule is COc1c(-c2ccccc2N)cc(Br)cc1S(N)(=O)=O. The molecular weight excluding hydrogens is 344 g/mol. The van der Waals surface area contributed by atoms with E-state index in [1.807, 2.05) is 6.07 Å². The number of benzene rings is 2. The molecule has 20 heavy (non-hydrogen) atoms. The monoisotopic (exact) mass is 356 g/mol. The first kappa shape index (κ1) is 14.8. The Labute approximate surface area is 125 Å². The van der Waals surface area contributed by atoms with Crippen LogP contribution in [0.1, 0.15) is 0 Å². The standard InChI is InChI=1S/C13H13BrN2O3S/c1-19-13-10(9-4-2-3-5-11(9)15)6-8(14)7-12(13)20(16,17)18/h2-7H,15H2,1H3,(H2,16,17,18). The van der Waals surface area contributed by atoms with E-state index in [1.165, 1.54) is 13.2 Å². The van der Waals surface area contributed by atoms with Crippen molar-refractivity contribution in [2.45, 2.75) is 4.90 Å². The third-order valence-corrected chi connectivity index (χ3v) is 4.16. The van der Waals surface area contributed by atoms with Crippen LogP contribution in [-0.2, 0) is 10.0 Å². The Hall–Kier alpha value is -1.57. The van der Waals surface area contributed by atoms with Crippen molar-refractivity contribution in [2.75, 3.05) is 12.8 Å². The summed E-state index contributed by atoms with van der Waals surface area (Å²) in [6.07, 6.45) is 0. The zero-order valence-electron chi connectivity index (χ0n) is 10.6. The Kier molecular flexibility index (Phi) is 4.03. The summed E-state index contributed by atoms with van der Waals surface area (Å²) in [6.45, 7) is 0. The second-order valence-electron chi connectivity index (χ2n) is 4.12. The molecule has 2 rings (SSSR count). The molecule has 0 radical (unpaired) electrons. The van der Waals surface area contributed by atoms with E-state index in [0.29, 0.717) is 21.3 Å². The van der Waals surface area contributed by atoms with Gasteiger partial charge in [0.05, 0.1) is 7.11 Å². The minimum absolute atomic E-state index is 0.0902. The van der Waals surface area contributed by atoms with Crippen LogP contribution in [0.2, 0.25) is 0 Å². The number of halogens is 1. The average molecular weight is 357 g/mol. The number of nitrogen functional groups attached to an aromatic ring is 1. The first-order valence-electron chi connectivity index (χ1n) is 5.60. The number of para-hydroxylation sites is 1. The van der Waals surface area contributed by atoms with Gasteiger partial charge in [0.25, 0.3) is 0 Å². The van der Waals surface area contributed by atoms with Gasteiger partial charge in [-0.25, -0.2) is 13.6 Å². The first-order valence-corrected chi connectivity index (χ1v) is 7.93. The molecule has 0 spiro atoms. The van der Waals surface area contributed by atoms with Crippen molar-refractivity contribution in [1.82, 2.24) is 0 Å². The molecular formula is C13H13BrN2O3S. The number of hydrogen-bond acceptors (Lipinski definition) is 4. The Morgan fingerprint density at radius 2 is 1.80 bits per heavy atom. The van der Waals surface area contributed by atoms with Crippen molar-refractivity contribution >= 4 is 31.6 Å². The maximum atomic E-state index is 11.7. The molecule has 0 aliphatic rings. The van der Waals surface area contributed by atoms with Crippen LogP contribution in [-0.4, -0.2) is 15.5 Å². The molecule has 0 saturated heterocycles. The first-order chi connectivity index (χ1) is 9.34. The molecule has 0 heterocycles. The number of rotatable bonds is 3. The molecule has 0 bridgehead atoms. The second-order valence-corrected chi connectivity index (χ2v) is 6.56. The van der Waals surface area contributed by atoms with E-state index >= 15 is 0 Å². The fraction of sp³-hybridized carbons (Fsp3) is 0.0769. The lowest BCUT2D eigenvalue weighted by Crippen LogP contribution is -2.14. The maximum absolute atomic E-state index is 11.7. The molecule has 0 aliphatic heterocycles. The van der Waals surface area contributed by atoms with Crippen LogP contribution in [0.3, 0.4) is 0 Å². The Morgan fingerprint density at radius 1 is 1.15 bits per heavy atom. The number of anilines is 1. The Balaban J connectivity index is 2.84. The van der Waals surface area contributed by atoms with Crippen LogP contribution in [0.15, 0.2) is 45.8 Å². The Bertz CT molecular complexity index is 760. The molecule has 0 aromatic heterocycles. The largest absolute Gasteiger partial charge is 0.495 e. The fourth-order valence-electron chi connectivity index (χ4n) is 1.93. The molecule has 5 nitrogen and oxygen atoms in total. The highest BCUT2D eigenvalue weighted by atomic mass is 79.9. The number of sulfonamides is 1. The van der Waals surface area contributed by atoms with Crippen LogP contribution < -0.4 is 15.6 Å². The molecule has 0 amide bonds. The summed E-state index contributed by atoms with van der Waals surface area (Å²) in [4.78, 5) is -0.0902. The molecule has 4 N–H and O–H groups in total. The number of primary sulfonamides is 1. The van der Waals surface area contributed by atoms with E-state index in [4.69, 9.17) is 15.6 Å². The number of nitrogens with two attached hydrogens (primary N) is 2. The van der Waals surface area contributed by atoms with Crippen molar-refractivity contribution in [3.8, 4) is 16.9 Å². The Morgan fingerprint density at radius 3 is 2.35 bits per heavy atom. The van der Waals surface area contributed by atoms with Crippen LogP contribution in [0.25, 0.3) is 11.1 Å². The van der Waals surface area contributed by atoms with Crippen LogP contribution in [0, 0.1) is 0 Å². The van der Waals surface area contributed by atoms with Crippen LogP contribution in [0.5, 0.6) is 5.75 Å². The lowest BCUT2D eigenvalue weighted by atomic mass is 10.0. The third-order valence-electron chi connectivity index (χ3n) is 2.78. The highest BCUT2D eigenvalue weighted by molar-refractivity contribution is 9.10. The molecule has 0 saturated carbocycles. The van der Waals surface area contributed by atoms with Crippen LogP contribution >= 0.6 is 15.9 Å². The van der Waals surface area contributed by atoms with Gasteiger partial charge in [-0.1, -0.05) is 34.1 Å². The van der Waals surface area contributed by atoms with Gasteiger partial charge in [-0.2, -0.15) is 0 Å². The van der Waals surface area contributed by atoms with Gasteiger partial charge < -0.3 is 10.5 Å². The summed E-state index contributed by atoms with van der Waals surface area (Å²) < 4.78 is 29.2. The number of methoxy groups -OCH3 is 1. The number of hydrogen-bond donors (Lipinski definition) is 2. The second kappa shape index (κ2) is 5.43. The average Bonchev–Trinajstić information content (AvgIpc) is 2.37. The molecule has 106 valence electrons. The smallest absolute Gasteiger partial charge is 0.241 e. The minimum atomic E-state index is -3.91. The fourth-order valence-corrected chi connectivity index (χ4v) is 3.29. The summed E-state index contributed by atoms with van der Waals surface area (Å²) >= 11 is 3.27. The van der Waals surface area contributed by atoms with Gasteiger partial charge in [0.2, 0.25) is 10.0 Å². The van der Waals surface area contributed by atoms with Crippen molar-refractivity contribution in [2.24, 2.45) is 5.14 Å². The quantitative estimate of drug-likeness (QED) is 0.825. The van der Waals surface area contributed by atoms with E-state index in [2.05, 4.69) is 15.9 Å². The maximum Gasteiger partial charge on any atom is 0.241 e. The predicted octanol–water partition coefficient (Wildman–Crippen LogP) is 2.35. The van der Waals surface area contributed by atoms with Gasteiger partial charge in [0, 0.05) is 21.3 Å². The zero-order chi connectivity index (χ0) is 14.9. The lowest BCUT2D eigenvalue weighted by Gasteiger charge is -2.14. The van der Waals surface area contributed by atoms with E-state index in [-0.39, 0.29) is 10.6 Å². The lowest BCUT2D eigenvalue weighted by molar-refractivity contribution is 0.404. The number of ether oxygens (including phenoxy) is 1. The van der Waals surface area contributed by atoms with Gasteiger partial charge in [-0.15, -0.1) is 0 Å². The van der Waals surface area contributed by atoms with Crippen molar-refractivity contribution < 1.29 is 13.2 Å². The molecule has 2 aromatic carbocycles. The molecule has 0 aliphatic carbocycles. The van der Waals surface area contributed by atoms with E-state index in [9.17, 15) is 8.42 Å². The third kappa shape index (κ3) is 2.79. The van der Waals surface area contributed by atoms with E-state index in [0.717, 1.165) is 0 Å². The van der Waals surface area contributed by atoms with Crippen molar-refractivity contribution in [3.63, 3.8) is 0 Å². The molecule has 7 heteroatoms. The molecule has 0 fully saturated rings. The van der Waals surface area contributed by atoms with E-state index < -0.39 is 10.0 Å². The summed E-state index contributed by atoms with van der Waals surface area (Å²) in [6, 6.07) is 10.3. The van der Waals surface area contributed by atoms with Gasteiger partial charge in [-0.3, -0.25) is 0 Å². The molecule has 0 atom stereocenters. The van der Waals surface area contributed by atoms with Gasteiger partial charge in [-0.05, 0) is 18.2 Å². The summed E-state index contributed by atoms with van der Waals surface area (Å²) in [5.74, 6) is 0.175. The van der Waals surface area contributed by atoms with Gasteiger partial charge in [0.1, 0.15) is 10.6 Å². The van der Waals surface area contributed by atoms with Gasteiger partial charge >= 0.3 is 0 Å². The van der Waals surface area contributed by atoms with Gasteiger partial charge in [0.15, 0.2) is 0 Å². The predicted molar refractivity (Wildman–Crippen MR) is 81.9 cm³/mol. The topological polar surface area (TPSA) is 95.4 Å². The highest BCUT2D eigenvalue weighted by Gasteiger charge is 2.21. The molecule has 2 aromatic rings. The minimum Gasteiger partial charge on any atom is -0.495 e. The van der Waals surface area contributed by atoms with Crippen molar-refractivity contribution in [3.05, 3.63) is 40.9 Å². The summed E-state index contributed by atoms with van der Waals surface area (Å²) in [5.41, 5.74) is 7.69. The molecule has 0 unspecified atom stereocenters. The van der Waals surface area contributed by atoms with E-state index in [1.54, 1.807) is 24.3 Å². The highest BCUT2D eigenvalue weighted by Crippen LogP contribution is 2.40. The summed E-state index contributed by atoms with van der Waals surface area (Å²) in [5, 5.41) is 5.23. The summed E-state index contributed by atoms with van der Waals surface area (Å²) in [7, 11) is -2.52. The van der Waals surface area contributed by atoms with Crippen molar-refractivity contribution in [1.29, 1.82) is 0 Å².